The Bertz CT molecular complexity index is 871. The number of amides is 1. The van der Waals surface area contributed by atoms with Crippen molar-refractivity contribution in [3.63, 3.8) is 0 Å². The van der Waals surface area contributed by atoms with E-state index in [0.717, 1.165) is 23.4 Å². The van der Waals surface area contributed by atoms with Gasteiger partial charge < -0.3 is 10.6 Å². The van der Waals surface area contributed by atoms with Gasteiger partial charge in [0.15, 0.2) is 0 Å². The molecular formula is C22H23N3O. The van der Waals surface area contributed by atoms with Gasteiger partial charge in [0.25, 0.3) is 5.91 Å². The number of carbonyl (C=O) groups excluding carboxylic acids is 1. The Morgan fingerprint density at radius 1 is 0.923 bits per heavy atom. The average Bonchev–Trinajstić information content (AvgIpc) is 2.68. The maximum atomic E-state index is 12.4. The third kappa shape index (κ3) is 4.70. The molecular weight excluding hydrogens is 322 g/mol. The summed E-state index contributed by atoms with van der Waals surface area (Å²) in [6.45, 7) is 4.66. The zero-order valence-electron chi connectivity index (χ0n) is 15.1. The number of rotatable bonds is 6. The van der Waals surface area contributed by atoms with E-state index in [1.54, 1.807) is 12.3 Å². The molecule has 0 fully saturated rings. The minimum atomic E-state index is -0.185. The lowest BCUT2D eigenvalue weighted by Gasteiger charge is -2.09. The van der Waals surface area contributed by atoms with Crippen LogP contribution in [0.5, 0.6) is 0 Å². The molecule has 0 atom stereocenters. The van der Waals surface area contributed by atoms with E-state index in [1.165, 1.54) is 11.1 Å². The second-order valence-corrected chi connectivity index (χ2v) is 6.27. The van der Waals surface area contributed by atoms with Crippen molar-refractivity contribution in [3.05, 3.63) is 89.2 Å². The van der Waals surface area contributed by atoms with Gasteiger partial charge in [0.05, 0.1) is 0 Å². The third-order valence-electron chi connectivity index (χ3n) is 4.22. The highest BCUT2D eigenvalue weighted by Gasteiger charge is 2.08. The Morgan fingerprint density at radius 3 is 2.31 bits per heavy atom. The van der Waals surface area contributed by atoms with Crippen LogP contribution >= 0.6 is 0 Å². The molecule has 0 saturated carbocycles. The van der Waals surface area contributed by atoms with Crippen molar-refractivity contribution in [2.75, 3.05) is 5.32 Å². The third-order valence-corrected chi connectivity index (χ3v) is 4.22. The van der Waals surface area contributed by atoms with Crippen LogP contribution in [0.15, 0.2) is 66.9 Å². The summed E-state index contributed by atoms with van der Waals surface area (Å²) in [4.78, 5) is 16.6. The zero-order valence-corrected chi connectivity index (χ0v) is 15.1. The van der Waals surface area contributed by atoms with Crippen molar-refractivity contribution in [1.82, 2.24) is 10.3 Å². The van der Waals surface area contributed by atoms with Gasteiger partial charge in [-0.25, -0.2) is 0 Å². The lowest BCUT2D eigenvalue weighted by molar-refractivity contribution is 0.0946. The fourth-order valence-corrected chi connectivity index (χ4v) is 2.60. The standard InChI is InChI=1S/C22H23N3O/c1-3-17-8-10-19(11-9-17)25-20-12-13-23-21(14-20)22(26)24-15-18-6-4-16(2)5-7-18/h4-14H,3,15H2,1-2H3,(H,23,25)(H,24,26). The Labute approximate surface area is 154 Å². The summed E-state index contributed by atoms with van der Waals surface area (Å²) < 4.78 is 0. The maximum absolute atomic E-state index is 12.4. The van der Waals surface area contributed by atoms with Crippen LogP contribution in [0.25, 0.3) is 0 Å². The molecule has 1 heterocycles. The van der Waals surface area contributed by atoms with Gasteiger partial charge in [-0.3, -0.25) is 9.78 Å². The van der Waals surface area contributed by atoms with Crippen molar-refractivity contribution >= 4 is 17.3 Å². The van der Waals surface area contributed by atoms with Gasteiger partial charge in [-0.05, 0) is 48.7 Å². The maximum Gasteiger partial charge on any atom is 0.270 e. The summed E-state index contributed by atoms with van der Waals surface area (Å²) in [5.41, 5.74) is 5.78. The SMILES string of the molecule is CCc1ccc(Nc2ccnc(C(=O)NCc3ccc(C)cc3)c2)cc1. The first kappa shape index (κ1) is 17.7. The molecule has 2 N–H and O–H groups in total. The summed E-state index contributed by atoms with van der Waals surface area (Å²) in [6.07, 6.45) is 2.66. The van der Waals surface area contributed by atoms with Crippen LogP contribution in [0.3, 0.4) is 0 Å². The highest BCUT2D eigenvalue weighted by Crippen LogP contribution is 2.17. The second kappa shape index (κ2) is 8.30. The molecule has 132 valence electrons. The predicted octanol–water partition coefficient (Wildman–Crippen LogP) is 4.63. The quantitative estimate of drug-likeness (QED) is 0.685. The van der Waals surface area contributed by atoms with Gasteiger partial charge in [-0.2, -0.15) is 0 Å². The molecule has 0 spiro atoms. The number of anilines is 2. The number of nitrogens with one attached hydrogen (secondary N) is 2. The zero-order chi connectivity index (χ0) is 18.4. The van der Waals surface area contributed by atoms with Crippen molar-refractivity contribution in [3.8, 4) is 0 Å². The Hall–Kier alpha value is -3.14. The topological polar surface area (TPSA) is 54.0 Å². The molecule has 3 rings (SSSR count). The second-order valence-electron chi connectivity index (χ2n) is 6.27. The summed E-state index contributed by atoms with van der Waals surface area (Å²) >= 11 is 0. The first-order valence-corrected chi connectivity index (χ1v) is 8.80. The van der Waals surface area contributed by atoms with E-state index in [-0.39, 0.29) is 5.91 Å². The molecule has 1 aromatic heterocycles. The monoisotopic (exact) mass is 345 g/mol. The van der Waals surface area contributed by atoms with Crippen molar-refractivity contribution < 1.29 is 4.79 Å². The van der Waals surface area contributed by atoms with Crippen molar-refractivity contribution in [2.24, 2.45) is 0 Å². The number of hydrogen-bond acceptors (Lipinski definition) is 3. The highest BCUT2D eigenvalue weighted by atomic mass is 16.1. The van der Waals surface area contributed by atoms with E-state index >= 15 is 0 Å². The number of nitrogens with zero attached hydrogens (tertiary/aromatic N) is 1. The fraction of sp³-hybridized carbons (Fsp3) is 0.182. The lowest BCUT2D eigenvalue weighted by Crippen LogP contribution is -2.23. The molecule has 3 aromatic rings. The van der Waals surface area contributed by atoms with Gasteiger partial charge >= 0.3 is 0 Å². The number of benzene rings is 2. The molecule has 0 unspecified atom stereocenters. The number of carbonyl (C=O) groups is 1. The summed E-state index contributed by atoms with van der Waals surface area (Å²) in [7, 11) is 0. The van der Waals surface area contributed by atoms with E-state index in [0.29, 0.717) is 12.2 Å². The molecule has 4 nitrogen and oxygen atoms in total. The van der Waals surface area contributed by atoms with E-state index < -0.39 is 0 Å². The van der Waals surface area contributed by atoms with Gasteiger partial charge in [-0.1, -0.05) is 48.9 Å². The summed E-state index contributed by atoms with van der Waals surface area (Å²) in [5.74, 6) is -0.185. The van der Waals surface area contributed by atoms with E-state index in [2.05, 4.69) is 34.7 Å². The molecule has 0 aliphatic rings. The minimum absolute atomic E-state index is 0.185. The largest absolute Gasteiger partial charge is 0.355 e. The predicted molar refractivity (Wildman–Crippen MR) is 106 cm³/mol. The van der Waals surface area contributed by atoms with Crippen LogP contribution in [-0.4, -0.2) is 10.9 Å². The Balaban J connectivity index is 1.63. The van der Waals surface area contributed by atoms with Crippen LogP contribution in [-0.2, 0) is 13.0 Å². The van der Waals surface area contributed by atoms with Crippen molar-refractivity contribution in [1.29, 1.82) is 0 Å². The van der Waals surface area contributed by atoms with Crippen molar-refractivity contribution in [2.45, 2.75) is 26.8 Å². The molecule has 0 bridgehead atoms. The molecule has 2 aromatic carbocycles. The van der Waals surface area contributed by atoms with E-state index in [4.69, 9.17) is 0 Å². The number of aryl methyl sites for hydroxylation is 2. The average molecular weight is 345 g/mol. The van der Waals surface area contributed by atoms with Crippen LogP contribution in [0.1, 0.15) is 34.1 Å². The van der Waals surface area contributed by atoms with E-state index in [1.807, 2.05) is 49.4 Å². The Morgan fingerprint density at radius 2 is 1.62 bits per heavy atom. The fourth-order valence-electron chi connectivity index (χ4n) is 2.60. The van der Waals surface area contributed by atoms with E-state index in [9.17, 15) is 4.79 Å². The van der Waals surface area contributed by atoms with Gasteiger partial charge in [-0.15, -0.1) is 0 Å². The number of hydrogen-bond donors (Lipinski definition) is 2. The smallest absolute Gasteiger partial charge is 0.270 e. The minimum Gasteiger partial charge on any atom is -0.355 e. The van der Waals surface area contributed by atoms with Crippen LogP contribution in [0, 0.1) is 6.92 Å². The lowest BCUT2D eigenvalue weighted by atomic mass is 10.1. The first-order chi connectivity index (χ1) is 12.6. The highest BCUT2D eigenvalue weighted by molar-refractivity contribution is 5.93. The van der Waals surface area contributed by atoms with Gasteiger partial charge in [0, 0.05) is 24.1 Å². The molecule has 0 aliphatic heterocycles. The molecule has 0 aliphatic carbocycles. The molecule has 4 heteroatoms. The summed E-state index contributed by atoms with van der Waals surface area (Å²) in [6, 6.07) is 20.0. The molecule has 1 amide bonds. The van der Waals surface area contributed by atoms with Crippen LogP contribution in [0.4, 0.5) is 11.4 Å². The first-order valence-electron chi connectivity index (χ1n) is 8.80. The van der Waals surface area contributed by atoms with Crippen LogP contribution in [0.2, 0.25) is 0 Å². The summed E-state index contributed by atoms with van der Waals surface area (Å²) in [5, 5.41) is 6.22. The molecule has 0 radical (unpaired) electrons. The number of aromatic nitrogens is 1. The number of pyridine rings is 1. The van der Waals surface area contributed by atoms with Gasteiger partial charge in [0.1, 0.15) is 5.69 Å². The Kier molecular flexibility index (Phi) is 5.64. The normalized spacial score (nSPS) is 10.4. The molecule has 0 saturated heterocycles. The molecule has 26 heavy (non-hydrogen) atoms. The van der Waals surface area contributed by atoms with Gasteiger partial charge in [0.2, 0.25) is 0 Å². The van der Waals surface area contributed by atoms with Crippen LogP contribution < -0.4 is 10.6 Å².